The SMILES string of the molecule is O=C1OCC(c2ccc(F)c(F)c2)N1CCCCCCN1CCC2(CC1)c1ccccc1Sc1ccccc12. The molecule has 1 atom stereocenters. The molecular weight excluding hydrogens is 514 g/mol. The lowest BCUT2D eigenvalue weighted by Gasteiger charge is -2.46. The summed E-state index contributed by atoms with van der Waals surface area (Å²) in [5.41, 5.74) is 3.68. The molecule has 0 aliphatic carbocycles. The van der Waals surface area contributed by atoms with E-state index in [9.17, 15) is 13.6 Å². The zero-order valence-electron chi connectivity index (χ0n) is 22.1. The van der Waals surface area contributed by atoms with E-state index in [4.69, 9.17) is 4.74 Å². The van der Waals surface area contributed by atoms with Crippen LogP contribution in [0.4, 0.5) is 13.6 Å². The first-order valence-electron chi connectivity index (χ1n) is 14.0. The van der Waals surface area contributed by atoms with Gasteiger partial charge in [-0.3, -0.25) is 4.90 Å². The van der Waals surface area contributed by atoms with Gasteiger partial charge >= 0.3 is 6.09 Å². The summed E-state index contributed by atoms with van der Waals surface area (Å²) in [4.78, 5) is 19.3. The van der Waals surface area contributed by atoms with E-state index in [1.54, 1.807) is 4.90 Å². The van der Waals surface area contributed by atoms with E-state index in [2.05, 4.69) is 53.4 Å². The maximum atomic E-state index is 13.7. The molecule has 7 heteroatoms. The summed E-state index contributed by atoms with van der Waals surface area (Å²) >= 11 is 1.90. The second-order valence-corrected chi connectivity index (χ2v) is 12.0. The van der Waals surface area contributed by atoms with Gasteiger partial charge in [0, 0.05) is 21.8 Å². The smallest absolute Gasteiger partial charge is 0.410 e. The lowest BCUT2D eigenvalue weighted by atomic mass is 9.67. The van der Waals surface area contributed by atoms with Crippen molar-refractivity contribution < 1.29 is 18.3 Å². The van der Waals surface area contributed by atoms with Crippen molar-refractivity contribution in [2.45, 2.75) is 59.8 Å². The first-order chi connectivity index (χ1) is 19.0. The number of hydrogen-bond acceptors (Lipinski definition) is 4. The van der Waals surface area contributed by atoms with E-state index in [1.807, 2.05) is 11.8 Å². The number of rotatable bonds is 8. The number of benzene rings is 3. The fraction of sp³-hybridized carbons (Fsp3) is 0.406. The minimum absolute atomic E-state index is 0.114. The highest BCUT2D eigenvalue weighted by Gasteiger charge is 2.43. The van der Waals surface area contributed by atoms with E-state index in [0.29, 0.717) is 12.1 Å². The Labute approximate surface area is 233 Å². The molecule has 3 aliphatic heterocycles. The molecular formula is C32H34F2N2O2S. The van der Waals surface area contributed by atoms with Gasteiger partial charge in [0.25, 0.3) is 0 Å². The number of ether oxygens (including phenoxy) is 1. The predicted octanol–water partition coefficient (Wildman–Crippen LogP) is 7.57. The maximum Gasteiger partial charge on any atom is 0.410 e. The molecule has 1 amide bonds. The van der Waals surface area contributed by atoms with Gasteiger partial charge in [0.1, 0.15) is 6.61 Å². The lowest BCUT2D eigenvalue weighted by molar-refractivity contribution is 0.156. The zero-order chi connectivity index (χ0) is 26.8. The van der Waals surface area contributed by atoms with Crippen molar-refractivity contribution in [3.63, 3.8) is 0 Å². The second kappa shape index (κ2) is 11.3. The van der Waals surface area contributed by atoms with E-state index < -0.39 is 11.6 Å². The van der Waals surface area contributed by atoms with Crippen LogP contribution in [0.3, 0.4) is 0 Å². The molecule has 3 aromatic carbocycles. The normalized spacial score (nSPS) is 20.1. The van der Waals surface area contributed by atoms with Crippen molar-refractivity contribution in [1.82, 2.24) is 9.80 Å². The quantitative estimate of drug-likeness (QED) is 0.272. The van der Waals surface area contributed by atoms with Crippen LogP contribution < -0.4 is 0 Å². The number of nitrogens with zero attached hydrogens (tertiary/aromatic N) is 2. The summed E-state index contributed by atoms with van der Waals surface area (Å²) in [5.74, 6) is -1.78. The highest BCUT2D eigenvalue weighted by molar-refractivity contribution is 7.99. The Bertz CT molecular complexity index is 1290. The van der Waals surface area contributed by atoms with Gasteiger partial charge in [0.05, 0.1) is 6.04 Å². The highest BCUT2D eigenvalue weighted by Crippen LogP contribution is 2.53. The van der Waals surface area contributed by atoms with Gasteiger partial charge in [-0.2, -0.15) is 0 Å². The number of cyclic esters (lactones) is 1. The molecule has 3 aliphatic rings. The summed E-state index contributed by atoms with van der Waals surface area (Å²) in [5, 5.41) is 0. The van der Waals surface area contributed by atoms with Gasteiger partial charge in [-0.1, -0.05) is 67.1 Å². The topological polar surface area (TPSA) is 32.8 Å². The molecule has 3 heterocycles. The molecule has 4 nitrogen and oxygen atoms in total. The van der Waals surface area contributed by atoms with Gasteiger partial charge in [-0.25, -0.2) is 13.6 Å². The molecule has 0 saturated carbocycles. The monoisotopic (exact) mass is 548 g/mol. The van der Waals surface area contributed by atoms with Crippen molar-refractivity contribution >= 4 is 17.9 Å². The van der Waals surface area contributed by atoms with Crippen LogP contribution >= 0.6 is 11.8 Å². The van der Waals surface area contributed by atoms with E-state index in [1.165, 1.54) is 33.1 Å². The number of hydrogen-bond donors (Lipinski definition) is 0. The Hall–Kier alpha value is -2.90. The molecule has 1 spiro atoms. The Kier molecular flexibility index (Phi) is 7.63. The molecule has 0 N–H and O–H groups in total. The summed E-state index contributed by atoms with van der Waals surface area (Å²) in [6.45, 7) is 4.03. The Morgan fingerprint density at radius 1 is 0.821 bits per heavy atom. The van der Waals surface area contributed by atoms with Crippen LogP contribution in [0.25, 0.3) is 0 Å². The molecule has 2 saturated heterocycles. The maximum absolute atomic E-state index is 13.7. The van der Waals surface area contributed by atoms with Crippen molar-refractivity contribution in [3.8, 4) is 0 Å². The zero-order valence-corrected chi connectivity index (χ0v) is 22.9. The number of carbonyl (C=O) groups excluding carboxylic acids is 1. The second-order valence-electron chi connectivity index (χ2n) is 10.9. The average Bonchev–Trinajstić information content (AvgIpc) is 3.33. The van der Waals surface area contributed by atoms with Crippen LogP contribution in [-0.2, 0) is 10.2 Å². The Morgan fingerprint density at radius 3 is 2.13 bits per heavy atom. The molecule has 1 unspecified atom stereocenters. The largest absolute Gasteiger partial charge is 0.447 e. The fourth-order valence-electron chi connectivity index (χ4n) is 6.53. The van der Waals surface area contributed by atoms with Gasteiger partial charge < -0.3 is 9.64 Å². The van der Waals surface area contributed by atoms with Gasteiger partial charge in [-0.15, -0.1) is 0 Å². The van der Waals surface area contributed by atoms with Gasteiger partial charge in [0.2, 0.25) is 0 Å². The van der Waals surface area contributed by atoms with Crippen LogP contribution in [0, 0.1) is 11.6 Å². The molecule has 204 valence electrons. The molecule has 0 aromatic heterocycles. The molecule has 39 heavy (non-hydrogen) atoms. The number of likely N-dealkylation sites (tertiary alicyclic amines) is 1. The minimum atomic E-state index is -0.897. The summed E-state index contributed by atoms with van der Waals surface area (Å²) < 4.78 is 32.3. The Balaban J connectivity index is 0.977. The van der Waals surface area contributed by atoms with Gasteiger partial charge in [0.15, 0.2) is 11.6 Å². The van der Waals surface area contributed by atoms with Crippen LogP contribution in [0.1, 0.15) is 61.3 Å². The fourth-order valence-corrected chi connectivity index (χ4v) is 7.80. The third-order valence-electron chi connectivity index (χ3n) is 8.66. The summed E-state index contributed by atoms with van der Waals surface area (Å²) in [6, 6.07) is 21.3. The molecule has 2 fully saturated rings. The van der Waals surface area contributed by atoms with Crippen LogP contribution in [0.15, 0.2) is 76.5 Å². The number of unbranched alkanes of at least 4 members (excludes halogenated alkanes) is 3. The number of halogens is 2. The average molecular weight is 549 g/mol. The minimum Gasteiger partial charge on any atom is -0.447 e. The van der Waals surface area contributed by atoms with Crippen LogP contribution in [-0.4, -0.2) is 48.7 Å². The van der Waals surface area contributed by atoms with Crippen molar-refractivity contribution in [2.75, 3.05) is 32.8 Å². The third kappa shape index (κ3) is 5.19. The molecule has 6 rings (SSSR count). The van der Waals surface area contributed by atoms with Gasteiger partial charge in [-0.05, 0) is 86.3 Å². The highest BCUT2D eigenvalue weighted by atomic mass is 32.2. The number of fused-ring (bicyclic) bond motifs is 4. The summed E-state index contributed by atoms with van der Waals surface area (Å²) in [6.07, 6.45) is 6.02. The molecule has 3 aromatic rings. The lowest BCUT2D eigenvalue weighted by Crippen LogP contribution is -2.44. The van der Waals surface area contributed by atoms with Crippen LogP contribution in [0.2, 0.25) is 0 Å². The third-order valence-corrected chi connectivity index (χ3v) is 9.81. The van der Waals surface area contributed by atoms with Crippen molar-refractivity contribution in [3.05, 3.63) is 95.1 Å². The van der Waals surface area contributed by atoms with E-state index >= 15 is 0 Å². The Morgan fingerprint density at radius 2 is 1.46 bits per heavy atom. The number of amides is 1. The molecule has 0 bridgehead atoms. The van der Waals surface area contributed by atoms with E-state index in [-0.39, 0.29) is 24.2 Å². The summed E-state index contributed by atoms with van der Waals surface area (Å²) in [7, 11) is 0. The number of piperidine rings is 1. The molecule has 0 radical (unpaired) electrons. The van der Waals surface area contributed by atoms with E-state index in [0.717, 1.165) is 64.2 Å². The number of carbonyl (C=O) groups is 1. The van der Waals surface area contributed by atoms with Crippen LogP contribution in [0.5, 0.6) is 0 Å². The van der Waals surface area contributed by atoms with Crippen molar-refractivity contribution in [2.24, 2.45) is 0 Å². The standard InChI is InChI=1S/C32H34F2N2O2S/c33-26-14-13-23(21-27(26)34)28-22-38-31(37)36(28)18-8-2-1-7-17-35-19-15-32(16-20-35)24-9-3-5-11-29(24)39-30-12-6-4-10-25(30)32/h3-6,9-14,21,28H,1-2,7-8,15-20,22H2. The first kappa shape index (κ1) is 26.3. The predicted molar refractivity (Wildman–Crippen MR) is 149 cm³/mol. The first-order valence-corrected chi connectivity index (χ1v) is 14.8. The van der Waals surface area contributed by atoms with Crippen molar-refractivity contribution in [1.29, 1.82) is 0 Å².